The van der Waals surface area contributed by atoms with Gasteiger partial charge in [-0.1, -0.05) is 0 Å². The van der Waals surface area contributed by atoms with E-state index in [4.69, 9.17) is 0 Å². The molecule has 0 N–H and O–H groups in total. The molecule has 0 unspecified atom stereocenters. The zero-order valence-corrected chi connectivity index (χ0v) is 11.7. The molecule has 4 atom stereocenters. The minimum absolute atomic E-state index is 0.319. The highest BCUT2D eigenvalue weighted by Gasteiger charge is 2.78. The van der Waals surface area contributed by atoms with Crippen molar-refractivity contribution in [2.75, 3.05) is 19.6 Å². The van der Waals surface area contributed by atoms with E-state index in [-0.39, 0.29) is 0 Å². The Kier molecular flexibility index (Phi) is 1.97. The lowest BCUT2D eigenvalue weighted by molar-refractivity contribution is -0.150. The second kappa shape index (κ2) is 3.36. The van der Waals surface area contributed by atoms with Gasteiger partial charge >= 0.3 is 0 Å². The molecule has 4 heterocycles. The van der Waals surface area contributed by atoms with Crippen molar-refractivity contribution in [2.24, 2.45) is 11.3 Å². The van der Waals surface area contributed by atoms with Gasteiger partial charge in [0.25, 0.3) is 0 Å². The molecule has 5 rings (SSSR count). The van der Waals surface area contributed by atoms with Crippen LogP contribution in [0.15, 0.2) is 0 Å². The van der Waals surface area contributed by atoms with Gasteiger partial charge in [0, 0.05) is 24.4 Å². The minimum atomic E-state index is 0.319. The monoisotopic (exact) mass is 260 g/mol. The maximum absolute atomic E-state index is 12.4. The third kappa shape index (κ3) is 1.14. The normalized spacial score (nSPS) is 52.2. The molecule has 0 bridgehead atoms. The molecule has 1 saturated carbocycles. The predicted molar refractivity (Wildman–Crippen MR) is 72.7 cm³/mol. The van der Waals surface area contributed by atoms with E-state index >= 15 is 0 Å². The van der Waals surface area contributed by atoms with Crippen LogP contribution in [0, 0.1) is 11.3 Å². The second-order valence-electron chi connectivity index (χ2n) is 7.71. The van der Waals surface area contributed by atoms with E-state index < -0.39 is 0 Å². The Morgan fingerprint density at radius 1 is 1.11 bits per heavy atom. The molecular weight excluding hydrogens is 236 g/mol. The van der Waals surface area contributed by atoms with E-state index in [1.54, 1.807) is 0 Å². The van der Waals surface area contributed by atoms with Crippen molar-refractivity contribution in [1.82, 2.24) is 9.80 Å². The highest BCUT2D eigenvalue weighted by Crippen LogP contribution is 2.73. The highest BCUT2D eigenvalue weighted by molar-refractivity contribution is 5.79. The lowest BCUT2D eigenvalue weighted by Gasteiger charge is -2.58. The minimum Gasteiger partial charge on any atom is -0.336 e. The molecule has 0 aromatic carbocycles. The van der Waals surface area contributed by atoms with E-state index in [2.05, 4.69) is 9.80 Å². The molecular formula is C16H24N2O. The molecule has 0 aromatic rings. The first kappa shape index (κ1) is 11.1. The Hall–Kier alpha value is -0.570. The molecule has 104 valence electrons. The van der Waals surface area contributed by atoms with Gasteiger partial charge in [0.2, 0.25) is 5.91 Å². The number of carbonyl (C=O) groups excluding carboxylic acids is 1. The number of rotatable bonds is 0. The fraction of sp³-hybridized carbons (Fsp3) is 0.938. The van der Waals surface area contributed by atoms with E-state index in [0.717, 1.165) is 31.3 Å². The van der Waals surface area contributed by atoms with Crippen molar-refractivity contribution < 1.29 is 4.79 Å². The summed E-state index contributed by atoms with van der Waals surface area (Å²) in [6.45, 7) is 3.74. The van der Waals surface area contributed by atoms with Gasteiger partial charge in [-0.2, -0.15) is 0 Å². The smallest absolute Gasteiger partial charge is 0.223 e. The van der Waals surface area contributed by atoms with Gasteiger partial charge in [-0.3, -0.25) is 9.69 Å². The molecule has 1 amide bonds. The quantitative estimate of drug-likeness (QED) is 0.665. The zero-order chi connectivity index (χ0) is 12.7. The number of nitrogens with zero attached hydrogens (tertiary/aromatic N) is 2. The molecule has 19 heavy (non-hydrogen) atoms. The SMILES string of the molecule is O=C1CCC[C@@]23C[C@@]24CCCN2CCC[C@H](CN13)[C@H]24. The van der Waals surface area contributed by atoms with Crippen molar-refractivity contribution in [2.45, 2.75) is 62.9 Å². The summed E-state index contributed by atoms with van der Waals surface area (Å²) >= 11 is 0. The molecule has 4 aliphatic heterocycles. The third-order valence-electron chi connectivity index (χ3n) is 7.12. The fourth-order valence-corrected chi connectivity index (χ4v) is 6.57. The number of piperidine rings is 4. The maximum atomic E-state index is 12.4. The van der Waals surface area contributed by atoms with Crippen LogP contribution in [0.4, 0.5) is 0 Å². The van der Waals surface area contributed by atoms with E-state index in [1.165, 1.54) is 51.6 Å². The van der Waals surface area contributed by atoms with Crippen LogP contribution in [-0.4, -0.2) is 46.9 Å². The van der Waals surface area contributed by atoms with Gasteiger partial charge in [0.1, 0.15) is 0 Å². The van der Waals surface area contributed by atoms with Crippen LogP contribution >= 0.6 is 0 Å². The van der Waals surface area contributed by atoms with Crippen molar-refractivity contribution in [3.05, 3.63) is 0 Å². The lowest BCUT2D eigenvalue weighted by atomic mass is 9.67. The van der Waals surface area contributed by atoms with E-state index in [9.17, 15) is 4.79 Å². The first-order chi connectivity index (χ1) is 9.27. The summed E-state index contributed by atoms with van der Waals surface area (Å²) < 4.78 is 0. The summed E-state index contributed by atoms with van der Waals surface area (Å²) in [6.07, 6.45) is 10.1. The molecule has 1 aliphatic carbocycles. The van der Waals surface area contributed by atoms with Crippen LogP contribution in [-0.2, 0) is 4.79 Å². The van der Waals surface area contributed by atoms with Crippen molar-refractivity contribution in [1.29, 1.82) is 0 Å². The van der Waals surface area contributed by atoms with Crippen molar-refractivity contribution in [3.63, 3.8) is 0 Å². The predicted octanol–water partition coefficient (Wildman–Crippen LogP) is 2.02. The van der Waals surface area contributed by atoms with Gasteiger partial charge in [0.15, 0.2) is 0 Å². The van der Waals surface area contributed by atoms with Crippen molar-refractivity contribution >= 4 is 5.91 Å². The third-order valence-corrected chi connectivity index (χ3v) is 7.12. The number of hydrogen-bond donors (Lipinski definition) is 0. The zero-order valence-electron chi connectivity index (χ0n) is 11.7. The summed E-state index contributed by atoms with van der Waals surface area (Å²) in [6, 6.07) is 0.831. The Balaban J connectivity index is 1.60. The average molecular weight is 260 g/mol. The summed E-state index contributed by atoms with van der Waals surface area (Å²) in [5, 5.41) is 0. The molecule has 5 aliphatic rings. The summed E-state index contributed by atoms with van der Waals surface area (Å²) in [5.41, 5.74) is 0.837. The lowest BCUT2D eigenvalue weighted by Crippen LogP contribution is -2.66. The molecule has 0 aromatic heterocycles. The van der Waals surface area contributed by atoms with Crippen LogP contribution in [0.25, 0.3) is 0 Å². The Bertz CT molecular complexity index is 448. The molecule has 3 nitrogen and oxygen atoms in total. The Morgan fingerprint density at radius 2 is 2.00 bits per heavy atom. The first-order valence-electron chi connectivity index (χ1n) is 8.31. The first-order valence-corrected chi connectivity index (χ1v) is 8.31. The number of carbonyl (C=O) groups is 1. The van der Waals surface area contributed by atoms with E-state index in [1.807, 2.05) is 0 Å². The second-order valence-corrected chi connectivity index (χ2v) is 7.71. The number of hydrogen-bond acceptors (Lipinski definition) is 2. The van der Waals surface area contributed by atoms with Crippen LogP contribution in [0.2, 0.25) is 0 Å². The van der Waals surface area contributed by atoms with Gasteiger partial charge in [-0.05, 0) is 64.0 Å². The molecule has 3 heteroatoms. The fourth-order valence-electron chi connectivity index (χ4n) is 6.57. The van der Waals surface area contributed by atoms with Crippen LogP contribution in [0.1, 0.15) is 51.4 Å². The topological polar surface area (TPSA) is 23.6 Å². The molecule has 0 radical (unpaired) electrons. The van der Waals surface area contributed by atoms with Gasteiger partial charge in [0.05, 0.1) is 5.54 Å². The molecule has 2 spiro atoms. The van der Waals surface area contributed by atoms with Gasteiger partial charge in [-0.15, -0.1) is 0 Å². The Morgan fingerprint density at radius 3 is 2.95 bits per heavy atom. The van der Waals surface area contributed by atoms with Gasteiger partial charge < -0.3 is 4.90 Å². The van der Waals surface area contributed by atoms with Crippen LogP contribution in [0.3, 0.4) is 0 Å². The maximum Gasteiger partial charge on any atom is 0.223 e. The number of amides is 1. The highest BCUT2D eigenvalue weighted by atomic mass is 16.2. The Labute approximate surface area is 115 Å². The van der Waals surface area contributed by atoms with E-state index in [0.29, 0.717) is 16.9 Å². The average Bonchev–Trinajstić information content (AvgIpc) is 3.05. The molecule has 4 saturated heterocycles. The van der Waals surface area contributed by atoms with Gasteiger partial charge in [-0.25, -0.2) is 0 Å². The summed E-state index contributed by atoms with van der Waals surface area (Å²) in [5.74, 6) is 1.26. The summed E-state index contributed by atoms with van der Waals surface area (Å²) in [4.78, 5) is 17.6. The van der Waals surface area contributed by atoms with Crippen LogP contribution < -0.4 is 0 Å². The standard InChI is InChI=1S/C16H24N2O/c19-13-5-1-7-16-11-15(16)6-3-9-17-8-2-4-12(14(15)17)10-18(13)16/h12,14H,1-11H2/t12-,14+,15-,16-/m1/s1. The largest absolute Gasteiger partial charge is 0.336 e. The van der Waals surface area contributed by atoms with Crippen LogP contribution in [0.5, 0.6) is 0 Å². The summed E-state index contributed by atoms with van der Waals surface area (Å²) in [7, 11) is 0. The van der Waals surface area contributed by atoms with Crippen molar-refractivity contribution in [3.8, 4) is 0 Å². The molecule has 5 fully saturated rings.